The highest BCUT2D eigenvalue weighted by molar-refractivity contribution is 5.38. The first-order valence-corrected chi connectivity index (χ1v) is 4.00. The van der Waals surface area contributed by atoms with E-state index in [0.29, 0.717) is 0 Å². The molecule has 0 aliphatic carbocycles. The average Bonchev–Trinajstić information content (AvgIpc) is 2.12. The van der Waals surface area contributed by atoms with E-state index >= 15 is 0 Å². The van der Waals surface area contributed by atoms with Gasteiger partial charge in [0.25, 0.3) is 6.43 Å². The van der Waals surface area contributed by atoms with Gasteiger partial charge in [-0.25, -0.2) is 13.2 Å². The van der Waals surface area contributed by atoms with Crippen LogP contribution in [0.3, 0.4) is 0 Å². The van der Waals surface area contributed by atoms with E-state index in [-0.39, 0.29) is 6.07 Å². The van der Waals surface area contributed by atoms with Gasteiger partial charge in [0.05, 0.1) is 6.07 Å². The van der Waals surface area contributed by atoms with Gasteiger partial charge in [0, 0.05) is 4.98 Å². The van der Waals surface area contributed by atoms with E-state index in [4.69, 9.17) is 0 Å². The minimum absolute atomic E-state index is 0.109. The number of halogens is 6. The van der Waals surface area contributed by atoms with Crippen molar-refractivity contribution in [1.82, 2.24) is 4.98 Å². The van der Waals surface area contributed by atoms with E-state index < -0.39 is 40.8 Å². The predicted octanol–water partition coefficient (Wildman–Crippen LogP) is 2.97. The van der Waals surface area contributed by atoms with Crippen LogP contribution >= 0.6 is 0 Å². The van der Waals surface area contributed by atoms with E-state index in [1.54, 1.807) is 0 Å². The fourth-order valence-corrected chi connectivity index (χ4v) is 1.00. The SMILES string of the molecule is O=[N+]([O-])c1nc(OC(F)(F)F)cc(F)c1C(F)F. The van der Waals surface area contributed by atoms with Gasteiger partial charge in [0.2, 0.25) is 0 Å². The van der Waals surface area contributed by atoms with Crippen molar-refractivity contribution in [1.29, 1.82) is 0 Å². The Labute approximate surface area is 94.1 Å². The largest absolute Gasteiger partial charge is 0.575 e. The third kappa shape index (κ3) is 3.21. The molecule has 0 radical (unpaired) electrons. The van der Waals surface area contributed by atoms with Crippen molar-refractivity contribution >= 4 is 5.82 Å². The van der Waals surface area contributed by atoms with E-state index in [1.807, 2.05) is 0 Å². The average molecular weight is 276 g/mol. The molecule has 5 nitrogen and oxygen atoms in total. The molecule has 0 saturated heterocycles. The summed E-state index contributed by atoms with van der Waals surface area (Å²) in [5.41, 5.74) is -1.70. The Morgan fingerprint density at radius 3 is 2.33 bits per heavy atom. The molecule has 0 amide bonds. The minimum atomic E-state index is -5.28. The highest BCUT2D eigenvalue weighted by Crippen LogP contribution is 2.33. The van der Waals surface area contributed by atoms with Crippen LogP contribution in [-0.2, 0) is 0 Å². The summed E-state index contributed by atoms with van der Waals surface area (Å²) in [6.07, 6.45) is -8.88. The van der Waals surface area contributed by atoms with Crippen LogP contribution in [0.4, 0.5) is 32.2 Å². The summed E-state index contributed by atoms with van der Waals surface area (Å²) in [5.74, 6) is -5.17. The number of ether oxygens (including phenoxy) is 1. The Morgan fingerprint density at radius 2 is 1.94 bits per heavy atom. The number of nitrogens with zero attached hydrogens (tertiary/aromatic N) is 2. The van der Waals surface area contributed by atoms with Crippen LogP contribution < -0.4 is 4.74 Å². The molecular weight excluding hydrogens is 274 g/mol. The monoisotopic (exact) mass is 276 g/mol. The van der Waals surface area contributed by atoms with Crippen LogP contribution in [0.25, 0.3) is 0 Å². The Balaban J connectivity index is 3.32. The summed E-state index contributed by atoms with van der Waals surface area (Å²) in [5, 5.41) is 10.3. The van der Waals surface area contributed by atoms with E-state index in [0.717, 1.165) is 0 Å². The molecule has 0 unspecified atom stereocenters. The van der Waals surface area contributed by atoms with Crippen LogP contribution in [0.5, 0.6) is 5.88 Å². The third-order valence-corrected chi connectivity index (χ3v) is 1.58. The summed E-state index contributed by atoms with van der Waals surface area (Å²) in [7, 11) is 0. The number of alkyl halides is 5. The van der Waals surface area contributed by atoms with Gasteiger partial charge in [-0.2, -0.15) is 0 Å². The molecule has 0 spiro atoms. The first-order chi connectivity index (χ1) is 8.11. The van der Waals surface area contributed by atoms with Crippen molar-refractivity contribution in [3.05, 3.63) is 27.6 Å². The summed E-state index contributed by atoms with van der Waals surface area (Å²) in [6.45, 7) is 0. The maximum absolute atomic E-state index is 13.0. The van der Waals surface area contributed by atoms with Crippen molar-refractivity contribution in [3.8, 4) is 5.88 Å². The molecule has 100 valence electrons. The quantitative estimate of drug-likeness (QED) is 0.483. The standard InChI is InChI=1S/C7H2F6N2O3/c8-2-1-3(18-7(11,12)13)14-6(15(16)17)4(2)5(9)10/h1,5H. The predicted molar refractivity (Wildman–Crippen MR) is 42.5 cm³/mol. The highest BCUT2D eigenvalue weighted by atomic mass is 19.4. The molecule has 1 heterocycles. The van der Waals surface area contributed by atoms with Crippen molar-refractivity contribution in [2.75, 3.05) is 0 Å². The van der Waals surface area contributed by atoms with Crippen molar-refractivity contribution in [2.45, 2.75) is 12.8 Å². The van der Waals surface area contributed by atoms with E-state index in [2.05, 4.69) is 9.72 Å². The second kappa shape index (κ2) is 4.66. The fourth-order valence-electron chi connectivity index (χ4n) is 1.00. The smallest absolute Gasteiger partial charge is 0.366 e. The van der Waals surface area contributed by atoms with Gasteiger partial charge in [-0.05, 0) is 4.92 Å². The van der Waals surface area contributed by atoms with Gasteiger partial charge in [0.15, 0.2) is 5.56 Å². The van der Waals surface area contributed by atoms with Gasteiger partial charge in [-0.15, -0.1) is 13.2 Å². The lowest BCUT2D eigenvalue weighted by molar-refractivity contribution is -0.391. The Kier molecular flexibility index (Phi) is 3.62. The zero-order valence-electron chi connectivity index (χ0n) is 8.04. The fraction of sp³-hybridized carbons (Fsp3) is 0.286. The number of hydrogen-bond acceptors (Lipinski definition) is 4. The molecule has 0 fully saturated rings. The van der Waals surface area contributed by atoms with Crippen LogP contribution in [0, 0.1) is 15.9 Å². The van der Waals surface area contributed by atoms with Gasteiger partial charge in [-0.3, -0.25) is 0 Å². The number of nitro groups is 1. The highest BCUT2D eigenvalue weighted by Gasteiger charge is 2.37. The molecule has 1 aromatic heterocycles. The van der Waals surface area contributed by atoms with Crippen LogP contribution in [-0.4, -0.2) is 16.3 Å². The van der Waals surface area contributed by atoms with Gasteiger partial charge in [-0.1, -0.05) is 0 Å². The molecule has 0 aromatic carbocycles. The van der Waals surface area contributed by atoms with Gasteiger partial charge < -0.3 is 14.9 Å². The minimum Gasteiger partial charge on any atom is -0.366 e. The van der Waals surface area contributed by atoms with Crippen LogP contribution in [0.1, 0.15) is 12.0 Å². The number of pyridine rings is 1. The topological polar surface area (TPSA) is 65.3 Å². The molecule has 0 saturated carbocycles. The van der Waals surface area contributed by atoms with Gasteiger partial charge in [0.1, 0.15) is 5.82 Å². The first-order valence-electron chi connectivity index (χ1n) is 4.00. The molecule has 18 heavy (non-hydrogen) atoms. The van der Waals surface area contributed by atoms with Crippen molar-refractivity contribution in [2.24, 2.45) is 0 Å². The number of rotatable bonds is 3. The number of hydrogen-bond donors (Lipinski definition) is 0. The maximum Gasteiger partial charge on any atom is 0.575 e. The lowest BCUT2D eigenvalue weighted by Gasteiger charge is -2.07. The molecular formula is C7H2F6N2O3. The summed E-state index contributed by atoms with van der Waals surface area (Å²) >= 11 is 0. The lowest BCUT2D eigenvalue weighted by atomic mass is 10.2. The second-order valence-electron chi connectivity index (χ2n) is 2.79. The molecule has 0 N–H and O–H groups in total. The zero-order chi connectivity index (χ0) is 14.1. The van der Waals surface area contributed by atoms with Crippen LogP contribution in [0.2, 0.25) is 0 Å². The molecule has 0 atom stereocenters. The molecule has 0 aliphatic heterocycles. The second-order valence-corrected chi connectivity index (χ2v) is 2.79. The van der Waals surface area contributed by atoms with Crippen LogP contribution in [0.15, 0.2) is 6.07 Å². The Bertz CT molecular complexity index is 475. The van der Waals surface area contributed by atoms with E-state index in [1.165, 1.54) is 0 Å². The molecule has 0 bridgehead atoms. The first kappa shape index (κ1) is 14.0. The van der Waals surface area contributed by atoms with E-state index in [9.17, 15) is 36.5 Å². The molecule has 1 rings (SSSR count). The maximum atomic E-state index is 13.0. The lowest BCUT2D eigenvalue weighted by Crippen LogP contribution is -2.18. The van der Waals surface area contributed by atoms with Crippen molar-refractivity contribution < 1.29 is 36.0 Å². The third-order valence-electron chi connectivity index (χ3n) is 1.58. The Hall–Kier alpha value is -2.07. The molecule has 1 aromatic rings. The normalized spacial score (nSPS) is 11.7. The molecule has 11 heteroatoms. The summed E-state index contributed by atoms with van der Waals surface area (Å²) < 4.78 is 76.0. The molecule has 0 aliphatic rings. The summed E-state index contributed by atoms with van der Waals surface area (Å²) in [4.78, 5) is 11.3. The Morgan fingerprint density at radius 1 is 1.39 bits per heavy atom. The summed E-state index contributed by atoms with van der Waals surface area (Å²) in [6, 6.07) is -0.109. The zero-order valence-corrected chi connectivity index (χ0v) is 8.04. The number of aromatic nitrogens is 1. The van der Waals surface area contributed by atoms with Crippen molar-refractivity contribution in [3.63, 3.8) is 0 Å². The van der Waals surface area contributed by atoms with Gasteiger partial charge >= 0.3 is 18.1 Å².